The topological polar surface area (TPSA) is 51.0 Å². The van der Waals surface area contributed by atoms with Crippen LogP contribution in [-0.2, 0) is 6.42 Å². The van der Waals surface area contributed by atoms with Gasteiger partial charge in [-0.05, 0) is 48.4 Å². The predicted molar refractivity (Wildman–Crippen MR) is 77.7 cm³/mol. The number of rotatable bonds is 2. The number of benzene rings is 1. The van der Waals surface area contributed by atoms with Gasteiger partial charge >= 0.3 is 0 Å². The molecule has 1 aliphatic carbocycles. The largest absolute Gasteiger partial charge is 0.385 e. The fourth-order valence-corrected chi connectivity index (χ4v) is 3.01. The maximum Gasteiger partial charge on any atom is 0.257 e. The molecule has 1 atom stereocenters. The number of aryl methyl sites for hydroxylation is 1. The van der Waals surface area contributed by atoms with Gasteiger partial charge < -0.3 is 9.84 Å². The zero-order chi connectivity index (χ0) is 13.7. The van der Waals surface area contributed by atoms with E-state index in [1.54, 1.807) is 0 Å². The molecule has 0 amide bonds. The van der Waals surface area contributed by atoms with E-state index in [0.717, 1.165) is 30.8 Å². The molecule has 1 aromatic heterocycles. The third-order valence-electron chi connectivity index (χ3n) is 4.56. The van der Waals surface area contributed by atoms with E-state index < -0.39 is 0 Å². The molecule has 2 heterocycles. The molecule has 4 rings (SSSR count). The van der Waals surface area contributed by atoms with Crippen molar-refractivity contribution in [1.29, 1.82) is 0 Å². The van der Waals surface area contributed by atoms with Crippen molar-refractivity contribution in [3.05, 3.63) is 29.6 Å². The van der Waals surface area contributed by atoms with Crippen molar-refractivity contribution >= 4 is 5.69 Å². The van der Waals surface area contributed by atoms with E-state index in [1.807, 2.05) is 0 Å². The normalized spacial score (nSPS) is 23.0. The van der Waals surface area contributed by atoms with Crippen LogP contribution in [0.3, 0.4) is 0 Å². The van der Waals surface area contributed by atoms with Crippen molar-refractivity contribution in [3.63, 3.8) is 0 Å². The van der Waals surface area contributed by atoms with Crippen LogP contribution in [-0.4, -0.2) is 16.7 Å². The fraction of sp³-hybridized carbons (Fsp3) is 0.500. The number of anilines is 1. The van der Waals surface area contributed by atoms with Gasteiger partial charge in [0, 0.05) is 23.7 Å². The molecule has 1 fully saturated rings. The highest BCUT2D eigenvalue weighted by Crippen LogP contribution is 2.57. The average molecular weight is 269 g/mol. The van der Waals surface area contributed by atoms with Gasteiger partial charge in [0.2, 0.25) is 0 Å². The summed E-state index contributed by atoms with van der Waals surface area (Å²) in [5, 5.41) is 7.58. The van der Waals surface area contributed by atoms with Crippen molar-refractivity contribution < 1.29 is 4.52 Å². The predicted octanol–water partition coefficient (Wildman–Crippen LogP) is 3.61. The lowest BCUT2D eigenvalue weighted by Gasteiger charge is -2.17. The lowest BCUT2D eigenvalue weighted by atomic mass is 10.0. The fourth-order valence-electron chi connectivity index (χ4n) is 3.01. The van der Waals surface area contributed by atoms with Crippen LogP contribution in [0.15, 0.2) is 22.7 Å². The summed E-state index contributed by atoms with van der Waals surface area (Å²) >= 11 is 0. The highest BCUT2D eigenvalue weighted by atomic mass is 16.5. The van der Waals surface area contributed by atoms with Gasteiger partial charge in [0.05, 0.1) is 0 Å². The van der Waals surface area contributed by atoms with Crippen LogP contribution >= 0.6 is 0 Å². The van der Waals surface area contributed by atoms with Crippen molar-refractivity contribution in [1.82, 2.24) is 10.1 Å². The molecule has 1 unspecified atom stereocenters. The van der Waals surface area contributed by atoms with Crippen LogP contribution in [0.25, 0.3) is 11.5 Å². The standard InChI is InChI=1S/C16H19N3O/c1-16(2)9-12(16)14-18-15(20-19-14)11-5-6-13-10(8-11)4-3-7-17-13/h5-6,8,12,17H,3-4,7,9H2,1-2H3. The van der Waals surface area contributed by atoms with Gasteiger partial charge in [-0.25, -0.2) is 0 Å². The Balaban J connectivity index is 1.64. The Morgan fingerprint density at radius 1 is 1.35 bits per heavy atom. The van der Waals surface area contributed by atoms with Crippen molar-refractivity contribution in [3.8, 4) is 11.5 Å². The summed E-state index contributed by atoms with van der Waals surface area (Å²) in [4.78, 5) is 4.59. The molecular weight excluding hydrogens is 250 g/mol. The van der Waals surface area contributed by atoms with Crippen LogP contribution in [0.1, 0.15) is 44.0 Å². The molecule has 1 aromatic carbocycles. The maximum atomic E-state index is 5.45. The number of hydrogen-bond donors (Lipinski definition) is 1. The summed E-state index contributed by atoms with van der Waals surface area (Å²) in [6.45, 7) is 5.56. The second-order valence-electron chi connectivity index (χ2n) is 6.61. The monoisotopic (exact) mass is 269 g/mol. The SMILES string of the molecule is CC1(C)CC1c1noc(-c2ccc3c(c2)CCCN3)n1. The number of hydrogen-bond acceptors (Lipinski definition) is 4. The van der Waals surface area contributed by atoms with Gasteiger partial charge in [-0.1, -0.05) is 19.0 Å². The molecule has 4 heteroatoms. The van der Waals surface area contributed by atoms with Crippen LogP contribution < -0.4 is 5.32 Å². The number of fused-ring (bicyclic) bond motifs is 1. The van der Waals surface area contributed by atoms with Crippen LogP contribution in [0.2, 0.25) is 0 Å². The first-order valence-corrected chi connectivity index (χ1v) is 7.34. The zero-order valence-corrected chi connectivity index (χ0v) is 11.9. The van der Waals surface area contributed by atoms with E-state index in [-0.39, 0.29) is 0 Å². The van der Waals surface area contributed by atoms with Crippen molar-refractivity contribution in [2.45, 2.75) is 39.0 Å². The van der Waals surface area contributed by atoms with E-state index in [1.165, 1.54) is 17.7 Å². The minimum atomic E-state index is 0.334. The lowest BCUT2D eigenvalue weighted by Crippen LogP contribution is -2.11. The van der Waals surface area contributed by atoms with Gasteiger partial charge in [0.15, 0.2) is 5.82 Å². The Bertz CT molecular complexity index is 659. The average Bonchev–Trinajstić information content (AvgIpc) is 2.90. The highest BCUT2D eigenvalue weighted by molar-refractivity contribution is 5.63. The summed E-state index contributed by atoms with van der Waals surface area (Å²) in [5.74, 6) is 1.97. The summed E-state index contributed by atoms with van der Waals surface area (Å²) in [6, 6.07) is 6.36. The molecule has 104 valence electrons. The summed E-state index contributed by atoms with van der Waals surface area (Å²) in [5.41, 5.74) is 3.95. The number of nitrogens with zero attached hydrogens (tertiary/aromatic N) is 2. The minimum Gasteiger partial charge on any atom is -0.385 e. The molecule has 1 saturated carbocycles. The first-order valence-electron chi connectivity index (χ1n) is 7.34. The highest BCUT2D eigenvalue weighted by Gasteiger charge is 2.49. The third-order valence-corrected chi connectivity index (χ3v) is 4.56. The Morgan fingerprint density at radius 3 is 3.00 bits per heavy atom. The summed E-state index contributed by atoms with van der Waals surface area (Å²) in [7, 11) is 0. The Hall–Kier alpha value is -1.84. The Kier molecular flexibility index (Phi) is 2.43. The third kappa shape index (κ3) is 1.90. The Labute approximate surface area is 118 Å². The molecule has 1 N–H and O–H groups in total. The maximum absolute atomic E-state index is 5.45. The van der Waals surface area contributed by atoms with E-state index >= 15 is 0 Å². The number of nitrogens with one attached hydrogen (secondary N) is 1. The van der Waals surface area contributed by atoms with E-state index in [4.69, 9.17) is 4.52 Å². The van der Waals surface area contributed by atoms with Crippen molar-refractivity contribution in [2.24, 2.45) is 5.41 Å². The van der Waals surface area contributed by atoms with E-state index in [2.05, 4.69) is 47.5 Å². The molecule has 1 aliphatic heterocycles. The van der Waals surface area contributed by atoms with E-state index in [9.17, 15) is 0 Å². The molecular formula is C16H19N3O. The molecule has 2 aliphatic rings. The summed E-state index contributed by atoms with van der Waals surface area (Å²) < 4.78 is 5.45. The smallest absolute Gasteiger partial charge is 0.257 e. The van der Waals surface area contributed by atoms with Crippen LogP contribution in [0.5, 0.6) is 0 Å². The van der Waals surface area contributed by atoms with Crippen LogP contribution in [0, 0.1) is 5.41 Å². The van der Waals surface area contributed by atoms with Gasteiger partial charge in [-0.15, -0.1) is 0 Å². The minimum absolute atomic E-state index is 0.334. The molecule has 4 nitrogen and oxygen atoms in total. The molecule has 2 aromatic rings. The summed E-state index contributed by atoms with van der Waals surface area (Å²) in [6.07, 6.45) is 3.45. The molecule has 0 bridgehead atoms. The molecule has 0 saturated heterocycles. The second kappa shape index (κ2) is 4.08. The lowest BCUT2D eigenvalue weighted by molar-refractivity contribution is 0.419. The quantitative estimate of drug-likeness (QED) is 0.905. The zero-order valence-electron chi connectivity index (χ0n) is 11.9. The van der Waals surface area contributed by atoms with Gasteiger partial charge in [-0.2, -0.15) is 4.98 Å². The van der Waals surface area contributed by atoms with Gasteiger partial charge in [0.1, 0.15) is 0 Å². The molecule has 0 spiro atoms. The number of aromatic nitrogens is 2. The Morgan fingerprint density at radius 2 is 2.20 bits per heavy atom. The van der Waals surface area contributed by atoms with Gasteiger partial charge in [0.25, 0.3) is 5.89 Å². The first-order chi connectivity index (χ1) is 9.63. The first kappa shape index (κ1) is 11.9. The van der Waals surface area contributed by atoms with Crippen molar-refractivity contribution in [2.75, 3.05) is 11.9 Å². The van der Waals surface area contributed by atoms with E-state index in [0.29, 0.717) is 17.2 Å². The molecule has 20 heavy (non-hydrogen) atoms. The molecule has 0 radical (unpaired) electrons. The second-order valence-corrected chi connectivity index (χ2v) is 6.61. The van der Waals surface area contributed by atoms with Gasteiger partial charge in [-0.3, -0.25) is 0 Å². The van der Waals surface area contributed by atoms with Crippen LogP contribution in [0.4, 0.5) is 5.69 Å².